The SMILES string of the molecule is O=C(COC(=O)C(c1ccccc1)c1ccccc1)NCc1ccccc1. The van der Waals surface area contributed by atoms with Crippen LogP contribution < -0.4 is 5.32 Å². The van der Waals surface area contributed by atoms with Crippen LogP contribution in [0.15, 0.2) is 91.0 Å². The number of benzene rings is 3. The van der Waals surface area contributed by atoms with Crippen LogP contribution in [0.5, 0.6) is 0 Å². The van der Waals surface area contributed by atoms with Gasteiger partial charge in [0.05, 0.1) is 0 Å². The Kier molecular flexibility index (Phi) is 6.36. The highest BCUT2D eigenvalue weighted by Gasteiger charge is 2.24. The molecule has 0 bridgehead atoms. The lowest BCUT2D eigenvalue weighted by atomic mass is 9.91. The van der Waals surface area contributed by atoms with Gasteiger partial charge in [-0.2, -0.15) is 0 Å². The van der Waals surface area contributed by atoms with Gasteiger partial charge >= 0.3 is 5.97 Å². The van der Waals surface area contributed by atoms with Crippen LogP contribution in [0.2, 0.25) is 0 Å². The summed E-state index contributed by atoms with van der Waals surface area (Å²) in [6.07, 6.45) is 0. The van der Waals surface area contributed by atoms with Crippen molar-refractivity contribution in [3.63, 3.8) is 0 Å². The van der Waals surface area contributed by atoms with Crippen molar-refractivity contribution in [2.24, 2.45) is 0 Å². The van der Waals surface area contributed by atoms with Gasteiger partial charge in [0, 0.05) is 6.54 Å². The van der Waals surface area contributed by atoms with E-state index < -0.39 is 11.9 Å². The summed E-state index contributed by atoms with van der Waals surface area (Å²) < 4.78 is 5.31. The molecule has 0 heterocycles. The van der Waals surface area contributed by atoms with Gasteiger partial charge in [0.25, 0.3) is 5.91 Å². The van der Waals surface area contributed by atoms with E-state index >= 15 is 0 Å². The minimum absolute atomic E-state index is 0.304. The quantitative estimate of drug-likeness (QED) is 0.655. The van der Waals surface area contributed by atoms with Crippen molar-refractivity contribution in [3.05, 3.63) is 108 Å². The summed E-state index contributed by atoms with van der Waals surface area (Å²) in [6.45, 7) is 0.0971. The number of esters is 1. The Labute approximate surface area is 158 Å². The first-order valence-corrected chi connectivity index (χ1v) is 8.81. The molecule has 1 amide bonds. The van der Waals surface area contributed by atoms with Crippen molar-refractivity contribution >= 4 is 11.9 Å². The van der Waals surface area contributed by atoms with E-state index in [0.717, 1.165) is 16.7 Å². The van der Waals surface area contributed by atoms with Gasteiger partial charge in [0.1, 0.15) is 5.92 Å². The van der Waals surface area contributed by atoms with E-state index in [9.17, 15) is 9.59 Å². The average Bonchev–Trinajstić information content (AvgIpc) is 2.73. The molecule has 0 aromatic heterocycles. The van der Waals surface area contributed by atoms with Crippen LogP contribution in [0.1, 0.15) is 22.6 Å². The molecule has 27 heavy (non-hydrogen) atoms. The van der Waals surface area contributed by atoms with Crippen LogP contribution >= 0.6 is 0 Å². The maximum absolute atomic E-state index is 12.7. The zero-order valence-electron chi connectivity index (χ0n) is 14.9. The third kappa shape index (κ3) is 5.28. The van der Waals surface area contributed by atoms with E-state index in [1.807, 2.05) is 91.0 Å². The Bertz CT molecular complexity index is 824. The molecule has 3 rings (SSSR count). The second-order valence-corrected chi connectivity index (χ2v) is 6.12. The van der Waals surface area contributed by atoms with E-state index in [1.165, 1.54) is 0 Å². The number of amides is 1. The predicted molar refractivity (Wildman–Crippen MR) is 104 cm³/mol. The molecule has 0 unspecified atom stereocenters. The fourth-order valence-corrected chi connectivity index (χ4v) is 2.82. The summed E-state index contributed by atoms with van der Waals surface area (Å²) >= 11 is 0. The summed E-state index contributed by atoms with van der Waals surface area (Å²) in [5.41, 5.74) is 2.65. The zero-order valence-corrected chi connectivity index (χ0v) is 14.9. The van der Waals surface area contributed by atoms with Crippen LogP contribution in [0.25, 0.3) is 0 Å². The van der Waals surface area contributed by atoms with Crippen LogP contribution in [0.4, 0.5) is 0 Å². The monoisotopic (exact) mass is 359 g/mol. The van der Waals surface area contributed by atoms with E-state index in [4.69, 9.17) is 4.74 Å². The Morgan fingerprint density at radius 3 is 1.74 bits per heavy atom. The minimum atomic E-state index is -0.561. The van der Waals surface area contributed by atoms with Gasteiger partial charge in [-0.3, -0.25) is 9.59 Å². The largest absolute Gasteiger partial charge is 0.455 e. The number of hydrogen-bond acceptors (Lipinski definition) is 3. The number of carbonyl (C=O) groups is 2. The molecule has 0 aliphatic heterocycles. The van der Waals surface area contributed by atoms with Crippen LogP contribution in [0.3, 0.4) is 0 Å². The highest BCUT2D eigenvalue weighted by atomic mass is 16.5. The van der Waals surface area contributed by atoms with E-state index in [-0.39, 0.29) is 12.5 Å². The van der Waals surface area contributed by atoms with Gasteiger partial charge < -0.3 is 10.1 Å². The highest BCUT2D eigenvalue weighted by molar-refractivity contribution is 5.85. The Morgan fingerprint density at radius 2 is 1.22 bits per heavy atom. The molecule has 0 saturated carbocycles. The van der Waals surface area contributed by atoms with Crippen LogP contribution in [-0.4, -0.2) is 18.5 Å². The molecule has 0 atom stereocenters. The van der Waals surface area contributed by atoms with Crippen molar-refractivity contribution in [1.29, 1.82) is 0 Å². The van der Waals surface area contributed by atoms with E-state index in [1.54, 1.807) is 0 Å². The molecular formula is C23H21NO3. The normalized spacial score (nSPS) is 10.4. The van der Waals surface area contributed by atoms with E-state index in [0.29, 0.717) is 6.54 Å². The van der Waals surface area contributed by atoms with Crippen molar-refractivity contribution in [2.45, 2.75) is 12.5 Å². The smallest absolute Gasteiger partial charge is 0.318 e. The molecule has 0 aliphatic rings. The molecular weight excluding hydrogens is 338 g/mol. The minimum Gasteiger partial charge on any atom is -0.455 e. The van der Waals surface area contributed by atoms with Crippen LogP contribution in [-0.2, 0) is 20.9 Å². The Hall–Kier alpha value is -3.40. The molecule has 0 spiro atoms. The van der Waals surface area contributed by atoms with Crippen molar-refractivity contribution < 1.29 is 14.3 Å². The third-order valence-corrected chi connectivity index (χ3v) is 4.18. The molecule has 0 fully saturated rings. The van der Waals surface area contributed by atoms with E-state index in [2.05, 4.69) is 5.32 Å². The summed E-state index contributed by atoms with van der Waals surface area (Å²) in [6, 6.07) is 28.4. The van der Waals surface area contributed by atoms with Crippen LogP contribution in [0, 0.1) is 0 Å². The third-order valence-electron chi connectivity index (χ3n) is 4.18. The number of carbonyl (C=O) groups excluding carboxylic acids is 2. The number of nitrogens with one attached hydrogen (secondary N) is 1. The van der Waals surface area contributed by atoms with Crippen molar-refractivity contribution in [1.82, 2.24) is 5.32 Å². The first-order valence-electron chi connectivity index (χ1n) is 8.81. The Balaban J connectivity index is 1.62. The lowest BCUT2D eigenvalue weighted by Gasteiger charge is -2.17. The Morgan fingerprint density at radius 1 is 0.741 bits per heavy atom. The molecule has 1 N–H and O–H groups in total. The van der Waals surface area contributed by atoms with Gasteiger partial charge in [-0.15, -0.1) is 0 Å². The summed E-state index contributed by atoms with van der Waals surface area (Å²) in [7, 11) is 0. The second-order valence-electron chi connectivity index (χ2n) is 6.12. The molecule has 4 heteroatoms. The van der Waals surface area contributed by atoms with Gasteiger partial charge in [-0.25, -0.2) is 0 Å². The molecule has 0 radical (unpaired) electrons. The first kappa shape index (κ1) is 18.4. The van der Waals surface area contributed by atoms with Gasteiger partial charge in [0.2, 0.25) is 0 Å². The summed E-state index contributed by atoms with van der Waals surface area (Å²) in [5.74, 6) is -1.33. The highest BCUT2D eigenvalue weighted by Crippen LogP contribution is 2.25. The first-order chi connectivity index (χ1) is 13.2. The lowest BCUT2D eigenvalue weighted by molar-refractivity contribution is -0.149. The number of rotatable bonds is 7. The number of hydrogen-bond donors (Lipinski definition) is 1. The fourth-order valence-electron chi connectivity index (χ4n) is 2.82. The van der Waals surface area contributed by atoms with Gasteiger partial charge in [-0.1, -0.05) is 91.0 Å². The van der Waals surface area contributed by atoms with Crippen molar-refractivity contribution in [3.8, 4) is 0 Å². The second kappa shape index (κ2) is 9.34. The predicted octanol–water partition coefficient (Wildman–Crippen LogP) is 3.68. The summed E-state index contributed by atoms with van der Waals surface area (Å²) in [5, 5.41) is 2.76. The zero-order chi connectivity index (χ0) is 18.9. The molecule has 0 saturated heterocycles. The van der Waals surface area contributed by atoms with Gasteiger partial charge in [-0.05, 0) is 16.7 Å². The number of ether oxygens (including phenoxy) is 1. The molecule has 3 aromatic rings. The van der Waals surface area contributed by atoms with Gasteiger partial charge in [0.15, 0.2) is 6.61 Å². The lowest BCUT2D eigenvalue weighted by Crippen LogP contribution is -2.29. The molecule has 4 nitrogen and oxygen atoms in total. The molecule has 0 aliphatic carbocycles. The maximum Gasteiger partial charge on any atom is 0.318 e. The molecule has 3 aromatic carbocycles. The average molecular weight is 359 g/mol. The maximum atomic E-state index is 12.7. The summed E-state index contributed by atoms with van der Waals surface area (Å²) in [4.78, 5) is 24.7. The fraction of sp³-hybridized carbons (Fsp3) is 0.130. The topological polar surface area (TPSA) is 55.4 Å². The molecule has 136 valence electrons. The standard InChI is InChI=1S/C23H21NO3/c25-21(24-16-18-10-4-1-5-11-18)17-27-23(26)22(19-12-6-2-7-13-19)20-14-8-3-9-15-20/h1-15,22H,16-17H2,(H,24,25). The van der Waals surface area contributed by atoms with Crippen molar-refractivity contribution in [2.75, 3.05) is 6.61 Å².